The number of thiophene rings is 1. The highest BCUT2D eigenvalue weighted by molar-refractivity contribution is 7.15. The van der Waals surface area contributed by atoms with Crippen LogP contribution in [0, 0.1) is 0 Å². The number of fused-ring (bicyclic) bond motifs is 1. The topological polar surface area (TPSA) is 49.7 Å². The Balaban J connectivity index is 1.87. The average Bonchev–Trinajstić information content (AvgIpc) is 2.94. The third kappa shape index (κ3) is 2.60. The maximum atomic E-state index is 10.8. The zero-order valence-corrected chi connectivity index (χ0v) is 11.3. The molecule has 0 fully saturated rings. The van der Waals surface area contributed by atoms with Crippen molar-refractivity contribution in [1.29, 1.82) is 0 Å². The largest absolute Gasteiger partial charge is 0.477 e. The van der Waals surface area contributed by atoms with Crippen molar-refractivity contribution < 1.29 is 9.90 Å². The molecule has 0 amide bonds. The van der Waals surface area contributed by atoms with Crippen LogP contribution in [0.3, 0.4) is 0 Å². The van der Waals surface area contributed by atoms with Crippen LogP contribution in [0.2, 0.25) is 0 Å². The smallest absolute Gasteiger partial charge is 0.345 e. The highest BCUT2D eigenvalue weighted by atomic mass is 32.1. The van der Waals surface area contributed by atoms with Crippen molar-refractivity contribution in [3.05, 3.63) is 64.4 Å². The van der Waals surface area contributed by atoms with E-state index >= 15 is 0 Å². The molecule has 0 saturated carbocycles. The summed E-state index contributed by atoms with van der Waals surface area (Å²) in [5.74, 6) is -0.902. The maximum Gasteiger partial charge on any atom is 0.345 e. The van der Waals surface area contributed by atoms with Crippen molar-refractivity contribution in [2.24, 2.45) is 4.99 Å². The minimum absolute atomic E-state index is 0.324. The van der Waals surface area contributed by atoms with E-state index in [2.05, 4.69) is 11.1 Å². The van der Waals surface area contributed by atoms with Crippen LogP contribution in [-0.4, -0.2) is 17.3 Å². The molecule has 0 bridgehead atoms. The number of rotatable bonds is 3. The lowest BCUT2D eigenvalue weighted by molar-refractivity contribution is 0.0702. The van der Waals surface area contributed by atoms with Gasteiger partial charge in [0.1, 0.15) is 4.88 Å². The molecule has 0 radical (unpaired) electrons. The van der Waals surface area contributed by atoms with Crippen LogP contribution in [-0.2, 0) is 0 Å². The molecular formula is C16H11NO2S. The SMILES string of the molecule is O=C(O)c1ccc(C=Nc2ccc3ccccc3c2)s1. The summed E-state index contributed by atoms with van der Waals surface area (Å²) in [6, 6.07) is 17.4. The Bertz CT molecular complexity index is 805. The van der Waals surface area contributed by atoms with Crippen LogP contribution in [0.4, 0.5) is 5.69 Å². The van der Waals surface area contributed by atoms with Crippen molar-refractivity contribution >= 4 is 40.0 Å². The first-order chi connectivity index (χ1) is 9.72. The molecule has 0 aliphatic carbocycles. The van der Waals surface area contributed by atoms with Gasteiger partial charge in [0.2, 0.25) is 0 Å². The highest BCUT2D eigenvalue weighted by Crippen LogP contribution is 2.21. The molecule has 98 valence electrons. The minimum atomic E-state index is -0.902. The molecule has 3 aromatic rings. The number of hydrogen-bond donors (Lipinski definition) is 1. The fourth-order valence-corrected chi connectivity index (χ4v) is 2.65. The van der Waals surface area contributed by atoms with Crippen molar-refractivity contribution in [2.75, 3.05) is 0 Å². The molecule has 4 heteroatoms. The number of aliphatic imine (C=N–C) groups is 1. The summed E-state index contributed by atoms with van der Waals surface area (Å²) in [6.07, 6.45) is 1.70. The fraction of sp³-hybridized carbons (Fsp3) is 0. The summed E-state index contributed by atoms with van der Waals surface area (Å²) in [4.78, 5) is 16.3. The predicted octanol–water partition coefficient (Wildman–Crippen LogP) is 4.35. The van der Waals surface area contributed by atoms with E-state index in [1.54, 1.807) is 18.3 Å². The molecule has 0 aliphatic rings. The number of aromatic carboxylic acids is 1. The van der Waals surface area contributed by atoms with Crippen LogP contribution >= 0.6 is 11.3 Å². The van der Waals surface area contributed by atoms with Crippen molar-refractivity contribution in [3.63, 3.8) is 0 Å². The van der Waals surface area contributed by atoms with Gasteiger partial charge in [-0.3, -0.25) is 4.99 Å². The van der Waals surface area contributed by atoms with E-state index in [-0.39, 0.29) is 0 Å². The minimum Gasteiger partial charge on any atom is -0.477 e. The van der Waals surface area contributed by atoms with Gasteiger partial charge in [-0.1, -0.05) is 30.3 Å². The van der Waals surface area contributed by atoms with E-state index in [4.69, 9.17) is 5.11 Å². The van der Waals surface area contributed by atoms with Gasteiger partial charge < -0.3 is 5.11 Å². The zero-order chi connectivity index (χ0) is 13.9. The number of carboxylic acids is 1. The molecule has 1 aromatic heterocycles. The molecule has 2 aromatic carbocycles. The second-order valence-electron chi connectivity index (χ2n) is 4.30. The number of nitrogens with zero attached hydrogens (tertiary/aromatic N) is 1. The molecular weight excluding hydrogens is 270 g/mol. The molecule has 1 heterocycles. The zero-order valence-electron chi connectivity index (χ0n) is 10.5. The number of carbonyl (C=O) groups is 1. The molecule has 20 heavy (non-hydrogen) atoms. The second-order valence-corrected chi connectivity index (χ2v) is 5.41. The van der Waals surface area contributed by atoms with Crippen LogP contribution < -0.4 is 0 Å². The van der Waals surface area contributed by atoms with Crippen molar-refractivity contribution in [3.8, 4) is 0 Å². The Hall–Kier alpha value is -2.46. The molecule has 0 saturated heterocycles. The first-order valence-electron chi connectivity index (χ1n) is 6.08. The molecule has 1 N–H and O–H groups in total. The summed E-state index contributed by atoms with van der Waals surface area (Å²) in [6.45, 7) is 0. The van der Waals surface area contributed by atoms with E-state index in [9.17, 15) is 4.79 Å². The Kier molecular flexibility index (Phi) is 3.31. The van der Waals surface area contributed by atoms with Crippen LogP contribution in [0.15, 0.2) is 59.6 Å². The highest BCUT2D eigenvalue weighted by Gasteiger charge is 2.05. The van der Waals surface area contributed by atoms with Gasteiger partial charge >= 0.3 is 5.97 Å². The third-order valence-corrected chi connectivity index (χ3v) is 3.92. The monoisotopic (exact) mass is 281 g/mol. The Labute approximate surface area is 119 Å². The molecule has 0 atom stereocenters. The third-order valence-electron chi connectivity index (χ3n) is 2.91. The van der Waals surface area contributed by atoms with Gasteiger partial charge in [0.15, 0.2) is 0 Å². The second kappa shape index (κ2) is 5.27. The Morgan fingerprint density at radius 3 is 2.60 bits per heavy atom. The van der Waals surface area contributed by atoms with Gasteiger partial charge in [-0.15, -0.1) is 11.3 Å². The Morgan fingerprint density at radius 1 is 1.05 bits per heavy atom. The standard InChI is InChI=1S/C16H11NO2S/c18-16(19)15-8-7-14(20-15)10-17-13-6-5-11-3-1-2-4-12(11)9-13/h1-10H,(H,18,19). The van der Waals surface area contributed by atoms with Crippen molar-refractivity contribution in [1.82, 2.24) is 0 Å². The summed E-state index contributed by atoms with van der Waals surface area (Å²) in [7, 11) is 0. The van der Waals surface area contributed by atoms with Gasteiger partial charge in [-0.2, -0.15) is 0 Å². The van der Waals surface area contributed by atoms with E-state index in [1.807, 2.05) is 36.4 Å². The lowest BCUT2D eigenvalue weighted by Crippen LogP contribution is -1.89. The van der Waals surface area contributed by atoms with Crippen molar-refractivity contribution in [2.45, 2.75) is 0 Å². The fourth-order valence-electron chi connectivity index (χ4n) is 1.93. The summed E-state index contributed by atoms with van der Waals surface area (Å²) >= 11 is 1.22. The average molecular weight is 281 g/mol. The summed E-state index contributed by atoms with van der Waals surface area (Å²) in [5, 5.41) is 11.2. The molecule has 0 spiro atoms. The lowest BCUT2D eigenvalue weighted by Gasteiger charge is -1.98. The van der Waals surface area contributed by atoms with E-state index in [1.165, 1.54) is 16.7 Å². The number of carboxylic acid groups (broad SMARTS) is 1. The van der Waals surface area contributed by atoms with Crippen LogP contribution in [0.25, 0.3) is 10.8 Å². The van der Waals surface area contributed by atoms with E-state index < -0.39 is 5.97 Å². The summed E-state index contributed by atoms with van der Waals surface area (Å²) in [5.41, 5.74) is 0.856. The van der Waals surface area contributed by atoms with Gasteiger partial charge in [-0.05, 0) is 35.0 Å². The molecule has 3 rings (SSSR count). The molecule has 3 nitrogen and oxygen atoms in total. The Morgan fingerprint density at radius 2 is 1.85 bits per heavy atom. The quantitative estimate of drug-likeness (QED) is 0.725. The van der Waals surface area contributed by atoms with Crippen LogP contribution in [0.5, 0.6) is 0 Å². The molecule has 0 unspecified atom stereocenters. The first kappa shape index (κ1) is 12.6. The molecule has 0 aliphatic heterocycles. The van der Waals surface area contributed by atoms with Gasteiger partial charge in [-0.25, -0.2) is 4.79 Å². The van der Waals surface area contributed by atoms with Crippen LogP contribution in [0.1, 0.15) is 14.5 Å². The first-order valence-corrected chi connectivity index (χ1v) is 6.90. The lowest BCUT2D eigenvalue weighted by atomic mass is 10.1. The maximum absolute atomic E-state index is 10.8. The summed E-state index contributed by atoms with van der Waals surface area (Å²) < 4.78 is 0. The van der Waals surface area contributed by atoms with Gasteiger partial charge in [0.05, 0.1) is 5.69 Å². The van der Waals surface area contributed by atoms with Gasteiger partial charge in [0, 0.05) is 11.1 Å². The van der Waals surface area contributed by atoms with Gasteiger partial charge in [0.25, 0.3) is 0 Å². The van der Waals surface area contributed by atoms with E-state index in [0.717, 1.165) is 16.0 Å². The normalized spacial score (nSPS) is 11.2. The number of hydrogen-bond acceptors (Lipinski definition) is 3. The predicted molar refractivity (Wildman–Crippen MR) is 82.5 cm³/mol. The van der Waals surface area contributed by atoms with E-state index in [0.29, 0.717) is 4.88 Å². The number of benzene rings is 2.